The van der Waals surface area contributed by atoms with Crippen LogP contribution in [0.15, 0.2) is 47.6 Å². The highest BCUT2D eigenvalue weighted by Crippen LogP contribution is 2.39. The van der Waals surface area contributed by atoms with Gasteiger partial charge in [-0.25, -0.2) is 0 Å². The molecule has 0 saturated heterocycles. The molecule has 0 bridgehead atoms. The third-order valence-corrected chi connectivity index (χ3v) is 4.58. The second-order valence-corrected chi connectivity index (χ2v) is 6.00. The topological polar surface area (TPSA) is 50.9 Å². The van der Waals surface area contributed by atoms with Crippen LogP contribution in [0, 0.1) is 6.92 Å². The Morgan fingerprint density at radius 2 is 2.09 bits per heavy atom. The van der Waals surface area contributed by atoms with E-state index in [1.165, 1.54) is 0 Å². The van der Waals surface area contributed by atoms with Crippen LogP contribution in [0.1, 0.15) is 23.6 Å². The lowest BCUT2D eigenvalue weighted by atomic mass is 10.0. The van der Waals surface area contributed by atoms with E-state index in [2.05, 4.69) is 6.07 Å². The first-order valence-corrected chi connectivity index (χ1v) is 7.96. The van der Waals surface area contributed by atoms with Crippen molar-refractivity contribution in [3.05, 3.63) is 58.6 Å². The van der Waals surface area contributed by atoms with Gasteiger partial charge in [0.25, 0.3) is 0 Å². The molecule has 0 radical (unpaired) electrons. The second-order valence-electron chi connectivity index (χ2n) is 5.60. The molecule has 1 unspecified atom stereocenters. The van der Waals surface area contributed by atoms with Gasteiger partial charge in [0.2, 0.25) is 0 Å². The number of hydrogen-bond acceptors (Lipinski definition) is 4. The van der Waals surface area contributed by atoms with E-state index in [1.54, 1.807) is 7.11 Å². The summed E-state index contributed by atoms with van der Waals surface area (Å²) >= 11 is 6.28. The highest BCUT2D eigenvalue weighted by Gasteiger charge is 2.29. The van der Waals surface area contributed by atoms with Crippen LogP contribution in [0.5, 0.6) is 5.75 Å². The van der Waals surface area contributed by atoms with Crippen LogP contribution in [-0.4, -0.2) is 19.4 Å². The predicted molar refractivity (Wildman–Crippen MR) is 95.5 cm³/mol. The van der Waals surface area contributed by atoms with Crippen LogP contribution in [0.2, 0.25) is 5.02 Å². The van der Waals surface area contributed by atoms with E-state index in [4.69, 9.17) is 27.2 Å². The first-order valence-electron chi connectivity index (χ1n) is 7.58. The summed E-state index contributed by atoms with van der Waals surface area (Å²) in [6.07, 6.45) is 0.801. The molecule has 0 spiro atoms. The quantitative estimate of drug-likeness (QED) is 0.924. The Labute approximate surface area is 141 Å². The molecule has 1 aliphatic heterocycles. The number of nitrogens with two attached hydrogens (primary N) is 1. The molecule has 0 aromatic heterocycles. The fraction of sp³-hybridized carbons (Fsp3) is 0.278. The Morgan fingerprint density at radius 1 is 1.30 bits per heavy atom. The molecule has 5 heteroatoms. The van der Waals surface area contributed by atoms with Gasteiger partial charge in [-0.3, -0.25) is 5.01 Å². The summed E-state index contributed by atoms with van der Waals surface area (Å²) in [5.74, 6) is 0.839. The summed E-state index contributed by atoms with van der Waals surface area (Å²) in [5.41, 5.74) is 9.99. The van der Waals surface area contributed by atoms with Crippen LogP contribution in [0.3, 0.4) is 0 Å². The van der Waals surface area contributed by atoms with Gasteiger partial charge in [0.1, 0.15) is 5.75 Å². The Bertz CT molecular complexity index is 745. The number of anilines is 1. The highest BCUT2D eigenvalue weighted by atomic mass is 35.5. The Kier molecular flexibility index (Phi) is 4.55. The molecule has 1 heterocycles. The molecule has 2 aromatic carbocycles. The monoisotopic (exact) mass is 329 g/mol. The molecule has 2 aromatic rings. The molecule has 0 aliphatic carbocycles. The largest absolute Gasteiger partial charge is 0.497 e. The molecule has 1 atom stereocenters. The van der Waals surface area contributed by atoms with Crippen LogP contribution in [0.4, 0.5) is 5.69 Å². The molecule has 4 nitrogen and oxygen atoms in total. The molecule has 1 aliphatic rings. The zero-order valence-electron chi connectivity index (χ0n) is 13.3. The maximum Gasteiger partial charge on any atom is 0.119 e. The fourth-order valence-corrected chi connectivity index (χ4v) is 3.04. The van der Waals surface area contributed by atoms with Gasteiger partial charge in [-0.05, 0) is 42.3 Å². The van der Waals surface area contributed by atoms with Crippen molar-refractivity contribution in [3.63, 3.8) is 0 Å². The summed E-state index contributed by atoms with van der Waals surface area (Å²) in [6, 6.07) is 14.1. The summed E-state index contributed by atoms with van der Waals surface area (Å²) < 4.78 is 5.35. The third kappa shape index (κ3) is 3.05. The SMILES string of the molecule is COc1cccc(C2CC(CN)=NN2c2cccc(Cl)c2C)c1. The standard InChI is InChI=1S/C18H20ClN3O/c1-12-16(19)7-4-8-17(12)22-18(10-14(11-20)21-22)13-5-3-6-15(9-13)23-2/h3-9,18H,10-11,20H2,1-2H3. The maximum absolute atomic E-state index is 6.28. The summed E-state index contributed by atoms with van der Waals surface area (Å²) in [7, 11) is 1.68. The Balaban J connectivity index is 2.04. The average molecular weight is 330 g/mol. The lowest BCUT2D eigenvalue weighted by molar-refractivity contribution is 0.414. The molecule has 120 valence electrons. The van der Waals surface area contributed by atoms with Crippen molar-refractivity contribution in [2.45, 2.75) is 19.4 Å². The van der Waals surface area contributed by atoms with E-state index in [1.807, 2.05) is 48.3 Å². The number of halogens is 1. The van der Waals surface area contributed by atoms with Gasteiger partial charge in [0, 0.05) is 18.0 Å². The van der Waals surface area contributed by atoms with Crippen LogP contribution >= 0.6 is 11.6 Å². The van der Waals surface area contributed by atoms with E-state index >= 15 is 0 Å². The van der Waals surface area contributed by atoms with Crippen molar-refractivity contribution in [1.29, 1.82) is 0 Å². The van der Waals surface area contributed by atoms with Gasteiger partial charge in [0.15, 0.2) is 0 Å². The molecule has 0 fully saturated rings. The van der Waals surface area contributed by atoms with E-state index in [-0.39, 0.29) is 6.04 Å². The van der Waals surface area contributed by atoms with Crippen LogP contribution in [0.25, 0.3) is 0 Å². The minimum Gasteiger partial charge on any atom is -0.497 e. The minimum atomic E-state index is 0.0980. The molecule has 0 saturated carbocycles. The van der Waals surface area contributed by atoms with Crippen molar-refractivity contribution in [2.75, 3.05) is 18.7 Å². The molecular formula is C18H20ClN3O. The van der Waals surface area contributed by atoms with Gasteiger partial charge < -0.3 is 10.5 Å². The van der Waals surface area contributed by atoms with E-state index < -0.39 is 0 Å². The molecule has 2 N–H and O–H groups in total. The zero-order valence-corrected chi connectivity index (χ0v) is 14.0. The van der Waals surface area contributed by atoms with E-state index in [0.717, 1.165) is 39.7 Å². The van der Waals surface area contributed by atoms with Gasteiger partial charge in [-0.15, -0.1) is 0 Å². The van der Waals surface area contributed by atoms with Crippen LogP contribution < -0.4 is 15.5 Å². The summed E-state index contributed by atoms with van der Waals surface area (Å²) in [6.45, 7) is 2.47. The lowest BCUT2D eigenvalue weighted by Gasteiger charge is -2.26. The number of nitrogens with zero attached hydrogens (tertiary/aromatic N) is 2. The zero-order chi connectivity index (χ0) is 16.4. The number of hydrogen-bond donors (Lipinski definition) is 1. The summed E-state index contributed by atoms with van der Waals surface area (Å²) in [4.78, 5) is 0. The smallest absolute Gasteiger partial charge is 0.119 e. The molecule has 3 rings (SSSR count). The van der Waals surface area contributed by atoms with Gasteiger partial charge >= 0.3 is 0 Å². The molecule has 0 amide bonds. The average Bonchev–Trinajstić information content (AvgIpc) is 3.01. The lowest BCUT2D eigenvalue weighted by Crippen LogP contribution is -2.19. The number of methoxy groups -OCH3 is 1. The van der Waals surface area contributed by atoms with Crippen molar-refractivity contribution in [3.8, 4) is 5.75 Å². The number of benzene rings is 2. The van der Waals surface area contributed by atoms with Gasteiger partial charge in [-0.1, -0.05) is 29.8 Å². The van der Waals surface area contributed by atoms with Crippen molar-refractivity contribution in [2.24, 2.45) is 10.8 Å². The predicted octanol–water partition coefficient (Wildman–Crippen LogP) is 3.92. The van der Waals surface area contributed by atoms with E-state index in [9.17, 15) is 0 Å². The maximum atomic E-state index is 6.28. The number of rotatable bonds is 4. The fourth-order valence-electron chi connectivity index (χ4n) is 2.87. The normalized spacial score (nSPS) is 17.3. The van der Waals surface area contributed by atoms with Crippen molar-refractivity contribution < 1.29 is 4.74 Å². The van der Waals surface area contributed by atoms with Crippen molar-refractivity contribution >= 4 is 23.0 Å². The van der Waals surface area contributed by atoms with Crippen LogP contribution in [-0.2, 0) is 0 Å². The third-order valence-electron chi connectivity index (χ3n) is 4.17. The second kappa shape index (κ2) is 6.60. The number of hydrazone groups is 1. The first-order chi connectivity index (χ1) is 11.1. The minimum absolute atomic E-state index is 0.0980. The van der Waals surface area contributed by atoms with E-state index in [0.29, 0.717) is 6.54 Å². The first kappa shape index (κ1) is 15.8. The van der Waals surface area contributed by atoms with Gasteiger partial charge in [-0.2, -0.15) is 5.10 Å². The summed E-state index contributed by atoms with van der Waals surface area (Å²) in [5, 5.41) is 7.48. The van der Waals surface area contributed by atoms with Gasteiger partial charge in [0.05, 0.1) is 24.6 Å². The number of ether oxygens (including phenoxy) is 1. The highest BCUT2D eigenvalue weighted by molar-refractivity contribution is 6.31. The molecular weight excluding hydrogens is 310 g/mol. The Hall–Kier alpha value is -2.04. The Morgan fingerprint density at radius 3 is 2.83 bits per heavy atom. The molecule has 23 heavy (non-hydrogen) atoms. The van der Waals surface area contributed by atoms with Crippen molar-refractivity contribution in [1.82, 2.24) is 0 Å².